The quantitative estimate of drug-likeness (QED) is 0.655. The molecule has 1 rings (SSSR count). The molecule has 0 radical (unpaired) electrons. The van der Waals surface area contributed by atoms with Crippen molar-refractivity contribution in [1.29, 1.82) is 0 Å². The van der Waals surface area contributed by atoms with Gasteiger partial charge in [-0.1, -0.05) is 0 Å². The molecule has 0 fully saturated rings. The molecule has 1 heterocycles. The number of primary amides is 1. The van der Waals surface area contributed by atoms with Crippen LogP contribution in [-0.2, 0) is 4.74 Å². The summed E-state index contributed by atoms with van der Waals surface area (Å²) in [7, 11) is 0. The highest BCUT2D eigenvalue weighted by Crippen LogP contribution is 2.12. The maximum absolute atomic E-state index is 10.2. The van der Waals surface area contributed by atoms with Gasteiger partial charge in [0, 0.05) is 0 Å². The van der Waals surface area contributed by atoms with Crippen LogP contribution in [0.5, 0.6) is 5.75 Å². The summed E-state index contributed by atoms with van der Waals surface area (Å²) in [5.74, 6) is 0.612. The highest BCUT2D eigenvalue weighted by atomic mass is 79.9. The molecule has 0 bridgehead atoms. The number of halogens is 1. The van der Waals surface area contributed by atoms with Crippen molar-refractivity contribution in [3.05, 3.63) is 22.9 Å². The normalized spacial score (nSPS) is 9.50. The minimum atomic E-state index is -0.803. The van der Waals surface area contributed by atoms with Gasteiger partial charge in [-0.3, -0.25) is 0 Å². The van der Waals surface area contributed by atoms with Crippen molar-refractivity contribution in [2.45, 2.75) is 0 Å². The lowest BCUT2D eigenvalue weighted by molar-refractivity contribution is 0.133. The van der Waals surface area contributed by atoms with Crippen LogP contribution in [0.3, 0.4) is 0 Å². The number of hydrogen-bond donors (Lipinski definition) is 1. The maximum Gasteiger partial charge on any atom is 0.404 e. The predicted octanol–water partition coefficient (Wildman–Crippen LogP) is 1.32. The minimum absolute atomic E-state index is 0.130. The molecule has 0 aliphatic heterocycles. The zero-order valence-corrected chi connectivity index (χ0v) is 8.86. The zero-order chi connectivity index (χ0) is 10.4. The summed E-state index contributed by atoms with van der Waals surface area (Å²) in [6.45, 7) is 0.387. The van der Waals surface area contributed by atoms with Crippen LogP contribution in [0.1, 0.15) is 0 Å². The number of amides is 1. The molecule has 5 nitrogen and oxygen atoms in total. The lowest BCUT2D eigenvalue weighted by atomic mass is 10.5. The summed E-state index contributed by atoms with van der Waals surface area (Å²) >= 11 is 3.19. The van der Waals surface area contributed by atoms with E-state index in [1.807, 2.05) is 0 Å². The third kappa shape index (κ3) is 4.08. The van der Waals surface area contributed by atoms with E-state index in [4.69, 9.17) is 10.5 Å². The Bertz CT molecular complexity index is 302. The molecule has 0 aromatic carbocycles. The summed E-state index contributed by atoms with van der Waals surface area (Å²) in [6, 6.07) is 3.51. The minimum Gasteiger partial charge on any atom is -0.488 e. The molecule has 1 aromatic heterocycles. The lowest BCUT2D eigenvalue weighted by Gasteiger charge is -2.04. The van der Waals surface area contributed by atoms with E-state index in [2.05, 4.69) is 25.7 Å². The van der Waals surface area contributed by atoms with E-state index in [0.717, 1.165) is 4.60 Å². The molecule has 0 spiro atoms. The van der Waals surface area contributed by atoms with E-state index >= 15 is 0 Å². The van der Waals surface area contributed by atoms with Gasteiger partial charge in [0.2, 0.25) is 0 Å². The average Bonchev–Trinajstić information content (AvgIpc) is 2.15. The van der Waals surface area contributed by atoms with Crippen LogP contribution in [0.4, 0.5) is 4.79 Å². The molecule has 1 amide bonds. The van der Waals surface area contributed by atoms with E-state index in [9.17, 15) is 4.79 Å². The summed E-state index contributed by atoms with van der Waals surface area (Å²) in [4.78, 5) is 14.1. The van der Waals surface area contributed by atoms with Crippen molar-refractivity contribution in [1.82, 2.24) is 4.98 Å². The van der Waals surface area contributed by atoms with E-state index in [0.29, 0.717) is 5.75 Å². The molecule has 6 heteroatoms. The maximum atomic E-state index is 10.2. The molecule has 14 heavy (non-hydrogen) atoms. The molecule has 0 saturated heterocycles. The van der Waals surface area contributed by atoms with E-state index in [1.165, 1.54) is 0 Å². The molecule has 76 valence electrons. The molecular weight excluding hydrogens is 252 g/mol. The number of nitrogens with zero attached hydrogens (tertiary/aromatic N) is 1. The van der Waals surface area contributed by atoms with Crippen molar-refractivity contribution in [2.75, 3.05) is 13.2 Å². The molecule has 0 atom stereocenters. The van der Waals surface area contributed by atoms with Crippen molar-refractivity contribution in [3.63, 3.8) is 0 Å². The van der Waals surface area contributed by atoms with E-state index in [1.54, 1.807) is 18.3 Å². The second-order valence-electron chi connectivity index (χ2n) is 2.33. The van der Waals surface area contributed by atoms with Gasteiger partial charge < -0.3 is 15.2 Å². The first kappa shape index (κ1) is 10.8. The van der Waals surface area contributed by atoms with Crippen molar-refractivity contribution in [2.24, 2.45) is 5.73 Å². The van der Waals surface area contributed by atoms with Crippen LogP contribution < -0.4 is 10.5 Å². The van der Waals surface area contributed by atoms with Crippen LogP contribution in [0.15, 0.2) is 22.9 Å². The molecule has 0 aliphatic rings. The lowest BCUT2D eigenvalue weighted by Crippen LogP contribution is -2.17. The van der Waals surface area contributed by atoms with Crippen LogP contribution in [0.25, 0.3) is 0 Å². The monoisotopic (exact) mass is 260 g/mol. The molecule has 1 aromatic rings. The topological polar surface area (TPSA) is 74.4 Å². The number of ether oxygens (including phenoxy) is 2. The van der Waals surface area contributed by atoms with Crippen molar-refractivity contribution >= 4 is 22.0 Å². The Labute approximate surface area is 89.3 Å². The summed E-state index contributed by atoms with van der Waals surface area (Å²) in [5, 5.41) is 0. The number of aromatic nitrogens is 1. The number of hydrogen-bond acceptors (Lipinski definition) is 4. The number of nitrogens with two attached hydrogens (primary N) is 1. The summed E-state index contributed by atoms with van der Waals surface area (Å²) in [6.07, 6.45) is 0.761. The molecular formula is C8H9BrN2O3. The fourth-order valence-corrected chi connectivity index (χ4v) is 0.984. The Morgan fingerprint density at radius 1 is 1.50 bits per heavy atom. The van der Waals surface area contributed by atoms with Gasteiger partial charge in [0.1, 0.15) is 23.6 Å². The van der Waals surface area contributed by atoms with Gasteiger partial charge in [-0.15, -0.1) is 0 Å². The Balaban J connectivity index is 2.25. The average molecular weight is 261 g/mol. The molecule has 0 aliphatic carbocycles. The van der Waals surface area contributed by atoms with Crippen molar-refractivity contribution in [3.8, 4) is 5.75 Å². The number of pyridine rings is 1. The van der Waals surface area contributed by atoms with Gasteiger partial charge in [0.05, 0.1) is 6.20 Å². The van der Waals surface area contributed by atoms with Gasteiger partial charge in [-0.05, 0) is 28.1 Å². The van der Waals surface area contributed by atoms with Crippen LogP contribution in [0, 0.1) is 0 Å². The predicted molar refractivity (Wildman–Crippen MR) is 53.0 cm³/mol. The third-order valence-corrected chi connectivity index (χ3v) is 1.77. The molecule has 2 N–H and O–H groups in total. The first-order valence-electron chi connectivity index (χ1n) is 3.85. The highest BCUT2D eigenvalue weighted by Gasteiger charge is 1.96. The first-order chi connectivity index (χ1) is 6.68. The summed E-state index contributed by atoms with van der Waals surface area (Å²) < 4.78 is 10.4. The Hall–Kier alpha value is -1.30. The van der Waals surface area contributed by atoms with Gasteiger partial charge in [0.25, 0.3) is 0 Å². The Kier molecular flexibility index (Phi) is 4.18. The van der Waals surface area contributed by atoms with Crippen LogP contribution >= 0.6 is 15.9 Å². The smallest absolute Gasteiger partial charge is 0.404 e. The zero-order valence-electron chi connectivity index (χ0n) is 7.27. The fourth-order valence-electron chi connectivity index (χ4n) is 0.749. The first-order valence-corrected chi connectivity index (χ1v) is 4.64. The van der Waals surface area contributed by atoms with Crippen LogP contribution in [0.2, 0.25) is 0 Å². The van der Waals surface area contributed by atoms with Crippen molar-refractivity contribution < 1.29 is 14.3 Å². The molecule has 0 unspecified atom stereocenters. The van der Waals surface area contributed by atoms with Crippen LogP contribution in [-0.4, -0.2) is 24.3 Å². The molecule has 0 saturated carbocycles. The van der Waals surface area contributed by atoms with Gasteiger partial charge in [0.15, 0.2) is 0 Å². The van der Waals surface area contributed by atoms with Gasteiger partial charge in [-0.2, -0.15) is 0 Å². The van der Waals surface area contributed by atoms with Gasteiger partial charge in [-0.25, -0.2) is 9.78 Å². The second kappa shape index (κ2) is 5.43. The second-order valence-corrected chi connectivity index (χ2v) is 3.15. The number of carbonyl (C=O) groups excluding carboxylic acids is 1. The van der Waals surface area contributed by atoms with E-state index < -0.39 is 6.09 Å². The highest BCUT2D eigenvalue weighted by molar-refractivity contribution is 9.10. The van der Waals surface area contributed by atoms with Gasteiger partial charge >= 0.3 is 6.09 Å². The standard InChI is InChI=1S/C8H9BrN2O3/c9-7-2-1-6(5-11-7)13-3-4-14-8(10)12/h1-2,5H,3-4H2,(H2,10,12). The number of carbonyl (C=O) groups is 1. The Morgan fingerprint density at radius 3 is 2.86 bits per heavy atom. The van der Waals surface area contributed by atoms with E-state index in [-0.39, 0.29) is 13.2 Å². The fraction of sp³-hybridized carbons (Fsp3) is 0.250. The summed E-state index contributed by atoms with van der Waals surface area (Å²) in [5.41, 5.74) is 4.76. The largest absolute Gasteiger partial charge is 0.488 e. The SMILES string of the molecule is NC(=O)OCCOc1ccc(Br)nc1. The third-order valence-electron chi connectivity index (χ3n) is 1.30. The number of rotatable bonds is 4. The Morgan fingerprint density at radius 2 is 2.29 bits per heavy atom.